The van der Waals surface area contributed by atoms with Gasteiger partial charge in [-0.05, 0) is 61.8 Å². The van der Waals surface area contributed by atoms with Gasteiger partial charge in [0, 0.05) is 0 Å². The third-order valence-electron chi connectivity index (χ3n) is 7.08. The van der Waals surface area contributed by atoms with Crippen molar-refractivity contribution in [3.05, 3.63) is 60.7 Å². The molecule has 0 atom stereocenters. The zero-order valence-electron chi connectivity index (χ0n) is 18.1. The summed E-state index contributed by atoms with van der Waals surface area (Å²) in [5, 5.41) is 0. The lowest BCUT2D eigenvalue weighted by Gasteiger charge is -2.44. The number of ether oxygens (including phenoxy) is 2. The van der Waals surface area contributed by atoms with Crippen molar-refractivity contribution < 1.29 is 19.1 Å². The lowest BCUT2D eigenvalue weighted by molar-refractivity contribution is -0.174. The number of para-hydroxylation sites is 2. The molecule has 4 rings (SSSR count). The van der Waals surface area contributed by atoms with Crippen LogP contribution < -0.4 is 9.47 Å². The normalized spacial score (nSPS) is 18.3. The summed E-state index contributed by atoms with van der Waals surface area (Å²) in [5.74, 6) is 0.0115. The van der Waals surface area contributed by atoms with Crippen molar-refractivity contribution >= 4 is 11.9 Å². The highest BCUT2D eigenvalue weighted by Gasteiger charge is 2.59. The van der Waals surface area contributed by atoms with E-state index in [1.165, 1.54) is 0 Å². The van der Waals surface area contributed by atoms with E-state index >= 15 is 0 Å². The lowest BCUT2D eigenvalue weighted by Crippen LogP contribution is -2.55. The Kier molecular flexibility index (Phi) is 7.06. The number of esters is 2. The van der Waals surface area contributed by atoms with E-state index in [2.05, 4.69) is 0 Å². The van der Waals surface area contributed by atoms with Gasteiger partial charge in [0.1, 0.15) is 11.5 Å². The molecule has 0 unspecified atom stereocenters. The second-order valence-corrected chi connectivity index (χ2v) is 8.94. The summed E-state index contributed by atoms with van der Waals surface area (Å²) in [5.41, 5.74) is -1.26. The molecule has 0 N–H and O–H groups in total. The van der Waals surface area contributed by atoms with Crippen molar-refractivity contribution in [2.45, 2.75) is 64.2 Å². The van der Waals surface area contributed by atoms with Gasteiger partial charge in [-0.2, -0.15) is 0 Å². The van der Waals surface area contributed by atoms with E-state index in [0.717, 1.165) is 64.2 Å². The summed E-state index contributed by atoms with van der Waals surface area (Å²) < 4.78 is 11.8. The molecule has 0 amide bonds. The van der Waals surface area contributed by atoms with Gasteiger partial charge in [-0.1, -0.05) is 74.9 Å². The zero-order valence-corrected chi connectivity index (χ0v) is 18.1. The first kappa shape index (κ1) is 21.6. The van der Waals surface area contributed by atoms with Crippen LogP contribution in [0.1, 0.15) is 64.2 Å². The molecule has 4 nitrogen and oxygen atoms in total. The van der Waals surface area contributed by atoms with Gasteiger partial charge in [0.25, 0.3) is 0 Å². The Morgan fingerprint density at radius 3 is 1.29 bits per heavy atom. The predicted molar refractivity (Wildman–Crippen MR) is 120 cm³/mol. The Morgan fingerprint density at radius 2 is 0.935 bits per heavy atom. The number of carbonyl (C=O) groups excluding carboxylic acids is 2. The van der Waals surface area contributed by atoms with Crippen molar-refractivity contribution in [2.24, 2.45) is 17.3 Å². The summed E-state index contributed by atoms with van der Waals surface area (Å²) in [4.78, 5) is 27.9. The molecule has 2 fully saturated rings. The summed E-state index contributed by atoms with van der Waals surface area (Å²) >= 11 is 0. The first-order valence-corrected chi connectivity index (χ1v) is 11.8. The largest absolute Gasteiger partial charge is 0.426 e. The monoisotopic (exact) mass is 420 g/mol. The van der Waals surface area contributed by atoms with Gasteiger partial charge in [-0.25, -0.2) is 0 Å². The number of carbonyl (C=O) groups is 2. The quantitative estimate of drug-likeness (QED) is 0.311. The van der Waals surface area contributed by atoms with Crippen molar-refractivity contribution in [3.8, 4) is 11.5 Å². The number of hydrogen-bond acceptors (Lipinski definition) is 4. The van der Waals surface area contributed by atoms with Crippen LogP contribution in [0.15, 0.2) is 60.7 Å². The van der Waals surface area contributed by atoms with E-state index in [4.69, 9.17) is 9.47 Å². The molecule has 2 aliphatic carbocycles. The molecule has 31 heavy (non-hydrogen) atoms. The van der Waals surface area contributed by atoms with Gasteiger partial charge in [0.2, 0.25) is 0 Å². The molecule has 0 heterocycles. The van der Waals surface area contributed by atoms with Crippen molar-refractivity contribution in [2.75, 3.05) is 0 Å². The second kappa shape index (κ2) is 10.1. The summed E-state index contributed by atoms with van der Waals surface area (Å²) in [7, 11) is 0. The van der Waals surface area contributed by atoms with Gasteiger partial charge >= 0.3 is 11.9 Å². The highest BCUT2D eigenvalue weighted by molar-refractivity contribution is 6.02. The third kappa shape index (κ3) is 4.68. The van der Waals surface area contributed by atoms with Crippen LogP contribution in [0.25, 0.3) is 0 Å². The van der Waals surface area contributed by atoms with E-state index in [9.17, 15) is 9.59 Å². The fraction of sp³-hybridized carbons (Fsp3) is 0.481. The molecule has 2 saturated carbocycles. The van der Waals surface area contributed by atoms with Crippen LogP contribution in [0.4, 0.5) is 0 Å². The van der Waals surface area contributed by atoms with E-state index in [1.54, 1.807) is 24.3 Å². The molecule has 2 aromatic carbocycles. The van der Waals surface area contributed by atoms with Crippen LogP contribution >= 0.6 is 0 Å². The van der Waals surface area contributed by atoms with Crippen molar-refractivity contribution in [1.29, 1.82) is 0 Å². The van der Waals surface area contributed by atoms with Gasteiger partial charge in [0.15, 0.2) is 5.41 Å². The van der Waals surface area contributed by atoms with Crippen molar-refractivity contribution in [1.82, 2.24) is 0 Å². The maximum Gasteiger partial charge on any atom is 0.329 e. The Hall–Kier alpha value is -2.62. The minimum absolute atomic E-state index is 0.0447. The standard InChI is InChI=1S/C27H32O4/c28-25(30-23-17-9-3-10-18-23)27(21-13-5-1-6-14-21,22-15-7-2-8-16-22)26(29)31-24-19-11-4-12-20-24/h3-4,9-12,17-22H,1-2,5-8,13-16H2. The maximum atomic E-state index is 13.9. The van der Waals surface area contributed by atoms with Crippen LogP contribution in [0, 0.1) is 17.3 Å². The molecule has 4 heteroatoms. The van der Waals surface area contributed by atoms with Gasteiger partial charge < -0.3 is 9.47 Å². The number of benzene rings is 2. The first-order chi connectivity index (χ1) is 15.2. The molecule has 0 saturated heterocycles. The molecule has 0 aromatic heterocycles. The predicted octanol–water partition coefficient (Wildman–Crippen LogP) is 6.34. The Bertz CT molecular complexity index is 776. The van der Waals surface area contributed by atoms with Gasteiger partial charge in [-0.3, -0.25) is 9.59 Å². The lowest BCUT2D eigenvalue weighted by atomic mass is 9.58. The minimum Gasteiger partial charge on any atom is -0.426 e. The average molecular weight is 421 g/mol. The SMILES string of the molecule is O=C(Oc1ccccc1)C(C(=O)Oc1ccccc1)(C1CCCCC1)C1CCCCC1. The average Bonchev–Trinajstić information content (AvgIpc) is 2.82. The molecule has 0 bridgehead atoms. The van der Waals surface area contributed by atoms with E-state index in [-0.39, 0.29) is 11.8 Å². The molecule has 0 aliphatic heterocycles. The van der Waals surface area contributed by atoms with E-state index < -0.39 is 17.4 Å². The zero-order chi connectivity index (χ0) is 21.5. The maximum absolute atomic E-state index is 13.9. The van der Waals surface area contributed by atoms with Crippen LogP contribution in [0.5, 0.6) is 11.5 Å². The molecule has 164 valence electrons. The summed E-state index contributed by atoms with van der Waals surface area (Å²) in [6.45, 7) is 0. The summed E-state index contributed by atoms with van der Waals surface area (Å²) in [6, 6.07) is 18.2. The van der Waals surface area contributed by atoms with Crippen LogP contribution in [0.2, 0.25) is 0 Å². The van der Waals surface area contributed by atoms with Gasteiger partial charge in [-0.15, -0.1) is 0 Å². The Labute approximate surface area is 185 Å². The molecule has 0 radical (unpaired) electrons. The highest BCUT2D eigenvalue weighted by Crippen LogP contribution is 2.50. The molecular weight excluding hydrogens is 388 g/mol. The van der Waals surface area contributed by atoms with Gasteiger partial charge in [0.05, 0.1) is 0 Å². The van der Waals surface area contributed by atoms with Crippen LogP contribution in [-0.4, -0.2) is 11.9 Å². The number of rotatable bonds is 6. The summed E-state index contributed by atoms with van der Waals surface area (Å²) in [6.07, 6.45) is 9.92. The number of hydrogen-bond donors (Lipinski definition) is 0. The van der Waals surface area contributed by atoms with Crippen molar-refractivity contribution in [3.63, 3.8) is 0 Å². The molecule has 0 spiro atoms. The third-order valence-corrected chi connectivity index (χ3v) is 7.08. The highest BCUT2D eigenvalue weighted by atomic mass is 16.6. The van der Waals surface area contributed by atoms with Crippen LogP contribution in [0.3, 0.4) is 0 Å². The second-order valence-electron chi connectivity index (χ2n) is 8.94. The fourth-order valence-electron chi connectivity index (χ4n) is 5.56. The fourth-order valence-corrected chi connectivity index (χ4v) is 5.56. The molecule has 2 aliphatic rings. The smallest absolute Gasteiger partial charge is 0.329 e. The Morgan fingerprint density at radius 1 is 0.581 bits per heavy atom. The topological polar surface area (TPSA) is 52.6 Å². The molecule has 2 aromatic rings. The minimum atomic E-state index is -1.26. The first-order valence-electron chi connectivity index (χ1n) is 11.8. The van der Waals surface area contributed by atoms with Crippen LogP contribution in [-0.2, 0) is 9.59 Å². The van der Waals surface area contributed by atoms with E-state index in [0.29, 0.717) is 11.5 Å². The Balaban J connectivity index is 1.74. The molecular formula is C27H32O4. The van der Waals surface area contributed by atoms with E-state index in [1.807, 2.05) is 36.4 Å².